The predicted molar refractivity (Wildman–Crippen MR) is 80.7 cm³/mol. The van der Waals surface area contributed by atoms with Gasteiger partial charge in [-0.3, -0.25) is 0 Å². The summed E-state index contributed by atoms with van der Waals surface area (Å²) in [5, 5.41) is 0. The lowest BCUT2D eigenvalue weighted by Crippen LogP contribution is -2.38. The number of anilines is 1. The fourth-order valence-electron chi connectivity index (χ4n) is 2.60. The van der Waals surface area contributed by atoms with Crippen LogP contribution in [0.3, 0.4) is 0 Å². The highest BCUT2D eigenvalue weighted by molar-refractivity contribution is 5.67. The quantitative estimate of drug-likeness (QED) is 0.677. The number of ether oxygens (including phenoxy) is 1. The van der Waals surface area contributed by atoms with Crippen molar-refractivity contribution in [2.24, 2.45) is 0 Å². The molecule has 1 aromatic carbocycles. The molecule has 1 aliphatic heterocycles. The molecule has 110 valence electrons. The molecule has 1 aromatic rings. The van der Waals surface area contributed by atoms with Crippen molar-refractivity contribution >= 4 is 11.8 Å². The third-order valence-electron chi connectivity index (χ3n) is 3.86. The van der Waals surface area contributed by atoms with E-state index in [-0.39, 0.29) is 6.09 Å². The Morgan fingerprint density at radius 1 is 1.40 bits per heavy atom. The van der Waals surface area contributed by atoms with Crippen LogP contribution in [0.2, 0.25) is 0 Å². The minimum atomic E-state index is -0.163. The van der Waals surface area contributed by atoms with Gasteiger partial charge in [0.1, 0.15) is 0 Å². The van der Waals surface area contributed by atoms with E-state index < -0.39 is 0 Å². The van der Waals surface area contributed by atoms with Crippen LogP contribution in [0, 0.1) is 0 Å². The molecular weight excluding hydrogens is 252 g/mol. The van der Waals surface area contributed by atoms with Gasteiger partial charge in [-0.2, -0.15) is 0 Å². The molecule has 0 aliphatic carbocycles. The van der Waals surface area contributed by atoms with Gasteiger partial charge < -0.3 is 15.4 Å². The minimum absolute atomic E-state index is 0.163. The molecule has 0 bridgehead atoms. The molecule has 2 N–H and O–H groups in total. The van der Waals surface area contributed by atoms with Crippen LogP contribution in [-0.2, 0) is 4.74 Å². The van der Waals surface area contributed by atoms with Crippen molar-refractivity contribution in [1.82, 2.24) is 4.90 Å². The second kappa shape index (κ2) is 7.17. The van der Waals surface area contributed by atoms with Gasteiger partial charge in [0.2, 0.25) is 0 Å². The van der Waals surface area contributed by atoms with Crippen LogP contribution >= 0.6 is 0 Å². The number of amides is 1. The second-order valence-corrected chi connectivity index (χ2v) is 5.40. The zero-order valence-electron chi connectivity index (χ0n) is 12.2. The third kappa shape index (κ3) is 3.89. The van der Waals surface area contributed by atoms with Crippen LogP contribution in [0.1, 0.15) is 44.1 Å². The van der Waals surface area contributed by atoms with Crippen LogP contribution in [0.15, 0.2) is 24.3 Å². The van der Waals surface area contributed by atoms with E-state index in [2.05, 4.69) is 13.0 Å². The van der Waals surface area contributed by atoms with E-state index in [4.69, 9.17) is 10.5 Å². The van der Waals surface area contributed by atoms with Crippen molar-refractivity contribution < 1.29 is 9.53 Å². The molecule has 0 aromatic heterocycles. The minimum Gasteiger partial charge on any atom is -0.449 e. The number of piperidine rings is 1. The predicted octanol–water partition coefficient (Wildman–Crippen LogP) is 3.38. The highest BCUT2D eigenvalue weighted by atomic mass is 16.6. The fraction of sp³-hybridized carbons (Fsp3) is 0.562. The largest absolute Gasteiger partial charge is 0.449 e. The number of carbonyl (C=O) groups is 1. The number of unbranched alkanes of at least 4 members (excludes halogenated alkanes) is 1. The number of nitrogens with two attached hydrogens (primary N) is 1. The molecule has 20 heavy (non-hydrogen) atoms. The molecule has 0 spiro atoms. The number of carbonyl (C=O) groups excluding carboxylic acids is 1. The van der Waals surface area contributed by atoms with Gasteiger partial charge in [-0.15, -0.1) is 0 Å². The summed E-state index contributed by atoms with van der Waals surface area (Å²) < 4.78 is 5.25. The molecule has 0 saturated carbocycles. The van der Waals surface area contributed by atoms with Gasteiger partial charge in [0, 0.05) is 18.8 Å². The molecule has 2 rings (SSSR count). The Morgan fingerprint density at radius 2 is 2.15 bits per heavy atom. The van der Waals surface area contributed by atoms with E-state index in [1.165, 1.54) is 5.56 Å². The van der Waals surface area contributed by atoms with Crippen LogP contribution in [-0.4, -0.2) is 30.7 Å². The molecule has 1 amide bonds. The van der Waals surface area contributed by atoms with Gasteiger partial charge in [0.05, 0.1) is 6.61 Å². The molecule has 0 atom stereocenters. The Labute approximate surface area is 120 Å². The van der Waals surface area contributed by atoms with E-state index in [0.29, 0.717) is 12.5 Å². The van der Waals surface area contributed by atoms with Crippen molar-refractivity contribution in [3.8, 4) is 0 Å². The lowest BCUT2D eigenvalue weighted by Gasteiger charge is -2.31. The number of nitrogen functional groups attached to an aromatic ring is 1. The molecule has 1 fully saturated rings. The monoisotopic (exact) mass is 276 g/mol. The van der Waals surface area contributed by atoms with E-state index >= 15 is 0 Å². The van der Waals surface area contributed by atoms with Gasteiger partial charge in [0.15, 0.2) is 0 Å². The number of hydrogen-bond donors (Lipinski definition) is 1. The number of rotatable bonds is 4. The first-order chi connectivity index (χ1) is 9.70. The molecular formula is C16H24N2O2. The second-order valence-electron chi connectivity index (χ2n) is 5.40. The summed E-state index contributed by atoms with van der Waals surface area (Å²) in [6.07, 6.45) is 3.78. The maximum absolute atomic E-state index is 11.9. The summed E-state index contributed by atoms with van der Waals surface area (Å²) in [4.78, 5) is 13.7. The van der Waals surface area contributed by atoms with Crippen LogP contribution in [0.5, 0.6) is 0 Å². The zero-order valence-corrected chi connectivity index (χ0v) is 12.2. The third-order valence-corrected chi connectivity index (χ3v) is 3.86. The summed E-state index contributed by atoms with van der Waals surface area (Å²) in [5.41, 5.74) is 7.91. The molecule has 1 aliphatic rings. The number of nitrogens with zero attached hydrogens (tertiary/aromatic N) is 1. The maximum atomic E-state index is 11.9. The van der Waals surface area contributed by atoms with Crippen LogP contribution in [0.25, 0.3) is 0 Å². The highest BCUT2D eigenvalue weighted by Gasteiger charge is 2.24. The lowest BCUT2D eigenvalue weighted by molar-refractivity contribution is 0.0916. The summed E-state index contributed by atoms with van der Waals surface area (Å²) in [5.74, 6) is 0.498. The average Bonchev–Trinajstić information content (AvgIpc) is 2.47. The first-order valence-electron chi connectivity index (χ1n) is 7.48. The van der Waals surface area contributed by atoms with Gasteiger partial charge in [-0.05, 0) is 42.9 Å². The first kappa shape index (κ1) is 14.7. The topological polar surface area (TPSA) is 55.6 Å². The van der Waals surface area contributed by atoms with Gasteiger partial charge in [0.25, 0.3) is 0 Å². The Hall–Kier alpha value is -1.71. The van der Waals surface area contributed by atoms with Gasteiger partial charge >= 0.3 is 6.09 Å². The summed E-state index contributed by atoms with van der Waals surface area (Å²) >= 11 is 0. The van der Waals surface area contributed by atoms with Crippen molar-refractivity contribution in [3.63, 3.8) is 0 Å². The Balaban J connectivity index is 1.81. The van der Waals surface area contributed by atoms with Gasteiger partial charge in [-0.1, -0.05) is 25.5 Å². The smallest absolute Gasteiger partial charge is 0.409 e. The Kier molecular flexibility index (Phi) is 5.27. The molecule has 0 unspecified atom stereocenters. The molecule has 4 nitrogen and oxygen atoms in total. The van der Waals surface area contributed by atoms with Crippen molar-refractivity contribution in [1.29, 1.82) is 0 Å². The highest BCUT2D eigenvalue weighted by Crippen LogP contribution is 2.29. The van der Waals surface area contributed by atoms with Crippen LogP contribution < -0.4 is 5.73 Å². The molecule has 0 radical (unpaired) electrons. The fourth-order valence-corrected chi connectivity index (χ4v) is 2.60. The number of hydrogen-bond acceptors (Lipinski definition) is 3. The summed E-state index contributed by atoms with van der Waals surface area (Å²) in [6.45, 7) is 4.16. The number of benzene rings is 1. The summed E-state index contributed by atoms with van der Waals surface area (Å²) in [6, 6.07) is 8.07. The standard InChI is InChI=1S/C16H24N2O2/c1-2-3-11-20-16(19)18-9-7-13(8-10-18)14-5-4-6-15(17)12-14/h4-6,12-13H,2-3,7-11,17H2,1H3. The van der Waals surface area contributed by atoms with E-state index in [0.717, 1.165) is 44.5 Å². The van der Waals surface area contributed by atoms with Crippen molar-refractivity contribution in [2.75, 3.05) is 25.4 Å². The maximum Gasteiger partial charge on any atom is 0.409 e. The van der Waals surface area contributed by atoms with Gasteiger partial charge in [-0.25, -0.2) is 4.79 Å². The van der Waals surface area contributed by atoms with E-state index in [1.807, 2.05) is 23.1 Å². The first-order valence-corrected chi connectivity index (χ1v) is 7.48. The van der Waals surface area contributed by atoms with Crippen molar-refractivity contribution in [3.05, 3.63) is 29.8 Å². The van der Waals surface area contributed by atoms with Crippen LogP contribution in [0.4, 0.5) is 10.5 Å². The Bertz CT molecular complexity index is 440. The Morgan fingerprint density at radius 3 is 2.80 bits per heavy atom. The molecule has 1 saturated heterocycles. The average molecular weight is 276 g/mol. The zero-order chi connectivity index (χ0) is 14.4. The van der Waals surface area contributed by atoms with E-state index in [9.17, 15) is 4.79 Å². The number of likely N-dealkylation sites (tertiary alicyclic amines) is 1. The summed E-state index contributed by atoms with van der Waals surface area (Å²) in [7, 11) is 0. The SMILES string of the molecule is CCCCOC(=O)N1CCC(c2cccc(N)c2)CC1. The van der Waals surface area contributed by atoms with E-state index in [1.54, 1.807) is 0 Å². The lowest BCUT2D eigenvalue weighted by atomic mass is 9.89. The van der Waals surface area contributed by atoms with Crippen molar-refractivity contribution in [2.45, 2.75) is 38.5 Å². The molecule has 1 heterocycles. The normalized spacial score (nSPS) is 16.1. The molecule has 4 heteroatoms.